The van der Waals surface area contributed by atoms with Crippen LogP contribution < -0.4 is 10.2 Å². The highest BCUT2D eigenvalue weighted by molar-refractivity contribution is 5.81. The van der Waals surface area contributed by atoms with Gasteiger partial charge in [-0.3, -0.25) is 4.79 Å². The van der Waals surface area contributed by atoms with Crippen LogP contribution in [0.2, 0.25) is 0 Å². The first-order chi connectivity index (χ1) is 9.81. The Bertz CT molecular complexity index is 588. The molecule has 0 aromatic heterocycles. The van der Waals surface area contributed by atoms with Crippen LogP contribution in [0.15, 0.2) is 18.2 Å². The van der Waals surface area contributed by atoms with Crippen molar-refractivity contribution >= 4 is 11.6 Å². The predicted octanol–water partition coefficient (Wildman–Crippen LogP) is 2.29. The molecule has 0 saturated heterocycles. The molecule has 0 radical (unpaired) electrons. The summed E-state index contributed by atoms with van der Waals surface area (Å²) in [6.45, 7) is 0.0345. The van der Waals surface area contributed by atoms with Crippen LogP contribution in [0.3, 0.4) is 0 Å². The number of anilines is 1. The number of nitriles is 1. The van der Waals surface area contributed by atoms with Crippen molar-refractivity contribution in [2.75, 3.05) is 18.5 Å². The highest BCUT2D eigenvalue weighted by Gasteiger charge is 2.33. The van der Waals surface area contributed by atoms with Gasteiger partial charge in [0.15, 0.2) is 0 Å². The minimum atomic E-state index is -4.56. The summed E-state index contributed by atoms with van der Waals surface area (Å²) in [7, 11) is 1.59. The molecule has 0 aliphatic heterocycles. The molecule has 0 atom stereocenters. The average Bonchev–Trinajstić information content (AvgIpc) is 3.20. The van der Waals surface area contributed by atoms with Crippen LogP contribution in [-0.4, -0.2) is 25.5 Å². The summed E-state index contributed by atoms with van der Waals surface area (Å²) >= 11 is 0. The molecule has 1 N–H and O–H groups in total. The van der Waals surface area contributed by atoms with Gasteiger partial charge in [-0.2, -0.15) is 18.4 Å². The van der Waals surface area contributed by atoms with Gasteiger partial charge in [-0.15, -0.1) is 0 Å². The van der Waals surface area contributed by atoms with Crippen LogP contribution in [0.1, 0.15) is 24.0 Å². The van der Waals surface area contributed by atoms with Gasteiger partial charge in [0.1, 0.15) is 0 Å². The molecule has 0 unspecified atom stereocenters. The summed E-state index contributed by atoms with van der Waals surface area (Å²) in [5.74, 6) is -0.182. The molecule has 4 nitrogen and oxygen atoms in total. The van der Waals surface area contributed by atoms with Gasteiger partial charge in [0.25, 0.3) is 0 Å². The van der Waals surface area contributed by atoms with E-state index in [4.69, 9.17) is 5.26 Å². The third kappa shape index (κ3) is 3.88. The van der Waals surface area contributed by atoms with Crippen molar-refractivity contribution in [2.45, 2.75) is 25.1 Å². The second-order valence-electron chi connectivity index (χ2n) is 5.04. The molecule has 1 amide bonds. The first-order valence-corrected chi connectivity index (χ1v) is 6.43. The molecule has 1 aliphatic rings. The molecule has 1 aromatic carbocycles. The number of rotatable bonds is 4. The lowest BCUT2D eigenvalue weighted by Crippen LogP contribution is -2.36. The van der Waals surface area contributed by atoms with Crippen molar-refractivity contribution < 1.29 is 18.0 Å². The normalized spacial score (nSPS) is 14.4. The van der Waals surface area contributed by atoms with Gasteiger partial charge in [0, 0.05) is 18.8 Å². The van der Waals surface area contributed by atoms with Crippen molar-refractivity contribution in [3.8, 4) is 6.07 Å². The van der Waals surface area contributed by atoms with E-state index in [2.05, 4.69) is 5.32 Å². The number of amides is 1. The molecule has 0 bridgehead atoms. The topological polar surface area (TPSA) is 56.1 Å². The van der Waals surface area contributed by atoms with Crippen LogP contribution in [0.4, 0.5) is 18.9 Å². The van der Waals surface area contributed by atoms with Crippen LogP contribution in [0.25, 0.3) is 0 Å². The van der Waals surface area contributed by atoms with E-state index in [1.165, 1.54) is 11.0 Å². The first kappa shape index (κ1) is 15.2. The van der Waals surface area contributed by atoms with Crippen molar-refractivity contribution in [3.63, 3.8) is 0 Å². The molecule has 0 heterocycles. The summed E-state index contributed by atoms with van der Waals surface area (Å²) in [6, 6.07) is 5.04. The summed E-state index contributed by atoms with van der Waals surface area (Å²) in [4.78, 5) is 13.2. The Morgan fingerprint density at radius 3 is 2.67 bits per heavy atom. The monoisotopic (exact) mass is 297 g/mol. The second-order valence-corrected chi connectivity index (χ2v) is 5.04. The standard InChI is InChI=1S/C14H14F3N3O/c1-20(8-13(21)19-10-2-3-10)11-4-5-12(14(15,16)17)9(6-11)7-18/h4-6,10H,2-3,8H2,1H3,(H,19,21). The molecular weight excluding hydrogens is 283 g/mol. The zero-order chi connectivity index (χ0) is 15.6. The van der Waals surface area contributed by atoms with Crippen molar-refractivity contribution in [2.24, 2.45) is 0 Å². The third-order valence-electron chi connectivity index (χ3n) is 3.19. The zero-order valence-corrected chi connectivity index (χ0v) is 11.4. The number of hydrogen-bond donors (Lipinski definition) is 1. The van der Waals surface area contributed by atoms with E-state index in [1.807, 2.05) is 0 Å². The lowest BCUT2D eigenvalue weighted by atomic mass is 10.1. The summed E-state index contributed by atoms with van der Waals surface area (Å²) in [5.41, 5.74) is -1.02. The fourth-order valence-corrected chi connectivity index (χ4v) is 1.92. The predicted molar refractivity (Wildman–Crippen MR) is 70.6 cm³/mol. The highest BCUT2D eigenvalue weighted by atomic mass is 19.4. The Kier molecular flexibility index (Phi) is 4.07. The van der Waals surface area contributed by atoms with E-state index < -0.39 is 17.3 Å². The Morgan fingerprint density at radius 1 is 1.48 bits per heavy atom. The number of benzene rings is 1. The van der Waals surface area contributed by atoms with Crippen LogP contribution in [-0.2, 0) is 11.0 Å². The minimum Gasteiger partial charge on any atom is -0.365 e. The maximum atomic E-state index is 12.7. The van der Waals surface area contributed by atoms with Gasteiger partial charge in [-0.25, -0.2) is 0 Å². The smallest absolute Gasteiger partial charge is 0.365 e. The molecule has 7 heteroatoms. The van der Waals surface area contributed by atoms with E-state index in [0.717, 1.165) is 25.0 Å². The van der Waals surface area contributed by atoms with Crippen molar-refractivity contribution in [1.29, 1.82) is 5.26 Å². The van der Waals surface area contributed by atoms with Crippen molar-refractivity contribution in [1.82, 2.24) is 5.32 Å². The summed E-state index contributed by atoms with van der Waals surface area (Å²) in [6.07, 6.45) is -2.63. The Hall–Kier alpha value is -2.23. The van der Waals surface area contributed by atoms with E-state index in [1.54, 1.807) is 13.1 Å². The average molecular weight is 297 g/mol. The number of hydrogen-bond acceptors (Lipinski definition) is 3. The van der Waals surface area contributed by atoms with Crippen LogP contribution in [0.5, 0.6) is 0 Å². The second kappa shape index (κ2) is 5.64. The molecule has 1 aromatic rings. The number of halogens is 3. The first-order valence-electron chi connectivity index (χ1n) is 6.43. The quantitative estimate of drug-likeness (QED) is 0.927. The Labute approximate surface area is 120 Å². The number of likely N-dealkylation sites (N-methyl/N-ethyl adjacent to an activating group) is 1. The Morgan fingerprint density at radius 2 is 2.14 bits per heavy atom. The number of alkyl halides is 3. The largest absolute Gasteiger partial charge is 0.417 e. The highest BCUT2D eigenvalue weighted by Crippen LogP contribution is 2.33. The number of nitrogens with one attached hydrogen (secondary N) is 1. The molecule has 0 spiro atoms. The van der Waals surface area contributed by atoms with E-state index in [9.17, 15) is 18.0 Å². The van der Waals surface area contributed by atoms with Gasteiger partial charge in [-0.1, -0.05) is 0 Å². The van der Waals surface area contributed by atoms with E-state index >= 15 is 0 Å². The summed E-state index contributed by atoms with van der Waals surface area (Å²) in [5, 5.41) is 11.6. The fourth-order valence-electron chi connectivity index (χ4n) is 1.92. The van der Waals surface area contributed by atoms with Gasteiger partial charge < -0.3 is 10.2 Å². The summed E-state index contributed by atoms with van der Waals surface area (Å²) < 4.78 is 38.1. The molecule has 112 valence electrons. The van der Waals surface area contributed by atoms with Crippen LogP contribution >= 0.6 is 0 Å². The number of carbonyl (C=O) groups is 1. The van der Waals surface area contributed by atoms with Gasteiger partial charge in [0.2, 0.25) is 5.91 Å². The Balaban J connectivity index is 2.12. The van der Waals surface area contributed by atoms with Gasteiger partial charge >= 0.3 is 6.18 Å². The fraction of sp³-hybridized carbons (Fsp3) is 0.429. The lowest BCUT2D eigenvalue weighted by Gasteiger charge is -2.20. The van der Waals surface area contributed by atoms with E-state index in [0.29, 0.717) is 5.69 Å². The van der Waals surface area contributed by atoms with Gasteiger partial charge in [0.05, 0.1) is 23.7 Å². The number of carbonyl (C=O) groups excluding carboxylic acids is 1. The van der Waals surface area contributed by atoms with Crippen LogP contribution in [0, 0.1) is 11.3 Å². The van der Waals surface area contributed by atoms with Crippen molar-refractivity contribution in [3.05, 3.63) is 29.3 Å². The molecular formula is C14H14F3N3O. The molecule has 1 fully saturated rings. The zero-order valence-electron chi connectivity index (χ0n) is 11.4. The SMILES string of the molecule is CN(CC(=O)NC1CC1)c1ccc(C(F)(F)F)c(C#N)c1. The molecule has 1 aliphatic carbocycles. The minimum absolute atomic E-state index is 0.0345. The number of nitrogens with zero attached hydrogens (tertiary/aromatic N) is 2. The third-order valence-corrected chi connectivity index (χ3v) is 3.19. The van der Waals surface area contributed by atoms with Gasteiger partial charge in [-0.05, 0) is 31.0 Å². The lowest BCUT2D eigenvalue weighted by molar-refractivity contribution is -0.137. The van der Waals surface area contributed by atoms with E-state index in [-0.39, 0.29) is 18.5 Å². The molecule has 1 saturated carbocycles. The molecule has 2 rings (SSSR count). The maximum absolute atomic E-state index is 12.7. The maximum Gasteiger partial charge on any atom is 0.417 e. The molecule has 21 heavy (non-hydrogen) atoms.